The van der Waals surface area contributed by atoms with Gasteiger partial charge in [0, 0.05) is 17.2 Å². The minimum atomic E-state index is -0.648. The van der Waals surface area contributed by atoms with E-state index in [2.05, 4.69) is 4.74 Å². The number of carbonyl (C=O) groups excluding carboxylic acids is 2. The number of esters is 2. The molecule has 18 heavy (non-hydrogen) atoms. The third-order valence-electron chi connectivity index (χ3n) is 1.99. The van der Waals surface area contributed by atoms with Gasteiger partial charge in [0.1, 0.15) is 5.75 Å². The maximum absolute atomic E-state index is 11.4. The van der Waals surface area contributed by atoms with Crippen LogP contribution in [0.15, 0.2) is 30.4 Å². The highest BCUT2D eigenvalue weighted by Crippen LogP contribution is 2.21. The molecule has 0 fully saturated rings. The van der Waals surface area contributed by atoms with E-state index in [9.17, 15) is 9.59 Å². The molecule has 1 rings (SSSR count). The van der Waals surface area contributed by atoms with Crippen molar-refractivity contribution in [1.29, 1.82) is 0 Å². The number of rotatable bonds is 4. The van der Waals surface area contributed by atoms with Gasteiger partial charge in [-0.3, -0.25) is 0 Å². The lowest BCUT2D eigenvalue weighted by molar-refractivity contribution is -0.138. The molecule has 0 amide bonds. The summed E-state index contributed by atoms with van der Waals surface area (Å²) in [5.41, 5.74) is 0.802. The number of hydrogen-bond donors (Lipinski definition) is 0. The van der Waals surface area contributed by atoms with E-state index in [1.54, 1.807) is 32.0 Å². The van der Waals surface area contributed by atoms with Crippen LogP contribution in [0.5, 0.6) is 5.75 Å². The number of hydrogen-bond acceptors (Lipinski definition) is 4. The molecule has 0 saturated carbocycles. The van der Waals surface area contributed by atoms with Crippen LogP contribution >= 0.6 is 11.6 Å². The van der Waals surface area contributed by atoms with Gasteiger partial charge in [0.15, 0.2) is 0 Å². The number of ether oxygens (including phenoxy) is 2. The molecule has 0 bridgehead atoms. The molecule has 0 heterocycles. The third kappa shape index (κ3) is 4.59. The Kier molecular flexibility index (Phi) is 5.39. The van der Waals surface area contributed by atoms with Gasteiger partial charge in [0.05, 0.1) is 6.61 Å². The highest BCUT2D eigenvalue weighted by molar-refractivity contribution is 6.31. The quantitative estimate of drug-likeness (QED) is 0.479. The molecule has 5 heteroatoms. The Morgan fingerprint density at radius 2 is 1.94 bits per heavy atom. The van der Waals surface area contributed by atoms with Crippen molar-refractivity contribution in [3.8, 4) is 5.75 Å². The summed E-state index contributed by atoms with van der Waals surface area (Å²) < 4.78 is 9.61. The van der Waals surface area contributed by atoms with Gasteiger partial charge < -0.3 is 9.47 Å². The number of benzene rings is 1. The van der Waals surface area contributed by atoms with Crippen molar-refractivity contribution in [1.82, 2.24) is 0 Å². The number of aryl methyl sites for hydroxylation is 1. The first-order chi connectivity index (χ1) is 8.52. The van der Waals surface area contributed by atoms with E-state index in [4.69, 9.17) is 16.3 Å². The van der Waals surface area contributed by atoms with Gasteiger partial charge in [-0.1, -0.05) is 11.6 Å². The fourth-order valence-corrected chi connectivity index (χ4v) is 1.27. The molecule has 0 N–H and O–H groups in total. The van der Waals surface area contributed by atoms with E-state index in [0.29, 0.717) is 10.8 Å². The second-order valence-corrected chi connectivity index (χ2v) is 3.82. The van der Waals surface area contributed by atoms with Crippen LogP contribution in [-0.4, -0.2) is 18.5 Å². The van der Waals surface area contributed by atoms with Crippen molar-refractivity contribution < 1.29 is 19.1 Å². The maximum atomic E-state index is 11.4. The summed E-state index contributed by atoms with van der Waals surface area (Å²) in [5.74, 6) is -0.859. The molecule has 0 aromatic heterocycles. The first kappa shape index (κ1) is 14.3. The third-order valence-corrected chi connectivity index (χ3v) is 2.41. The summed E-state index contributed by atoms with van der Waals surface area (Å²) >= 11 is 5.84. The molecule has 1 aromatic carbocycles. The molecule has 0 aliphatic rings. The van der Waals surface area contributed by atoms with E-state index in [-0.39, 0.29) is 6.61 Å². The first-order valence-corrected chi connectivity index (χ1v) is 5.73. The zero-order valence-corrected chi connectivity index (χ0v) is 10.9. The smallest absolute Gasteiger partial charge is 0.336 e. The van der Waals surface area contributed by atoms with Gasteiger partial charge in [-0.2, -0.15) is 0 Å². The van der Waals surface area contributed by atoms with Crippen LogP contribution in [0.4, 0.5) is 0 Å². The summed E-state index contributed by atoms with van der Waals surface area (Å²) in [6, 6.07) is 4.85. The van der Waals surface area contributed by atoms with Crippen molar-refractivity contribution in [3.63, 3.8) is 0 Å². The van der Waals surface area contributed by atoms with Crippen LogP contribution < -0.4 is 4.74 Å². The molecule has 0 spiro atoms. The minimum Gasteiger partial charge on any atom is -0.463 e. The van der Waals surface area contributed by atoms with Crippen molar-refractivity contribution in [2.45, 2.75) is 13.8 Å². The largest absolute Gasteiger partial charge is 0.463 e. The van der Waals surface area contributed by atoms with E-state index in [1.807, 2.05) is 0 Å². The van der Waals surface area contributed by atoms with Crippen LogP contribution in [0.3, 0.4) is 0 Å². The van der Waals surface area contributed by atoms with Crippen molar-refractivity contribution in [3.05, 3.63) is 40.9 Å². The minimum absolute atomic E-state index is 0.259. The normalized spacial score (nSPS) is 10.4. The average Bonchev–Trinajstić information content (AvgIpc) is 2.32. The Labute approximate surface area is 110 Å². The Morgan fingerprint density at radius 1 is 1.28 bits per heavy atom. The molecule has 0 saturated heterocycles. The second-order valence-electron chi connectivity index (χ2n) is 3.42. The topological polar surface area (TPSA) is 52.6 Å². The van der Waals surface area contributed by atoms with E-state index in [0.717, 1.165) is 17.7 Å². The summed E-state index contributed by atoms with van der Waals surface area (Å²) in [6.07, 6.45) is 2.04. The van der Waals surface area contributed by atoms with Crippen molar-refractivity contribution in [2.75, 3.05) is 6.61 Å². The Bertz CT molecular complexity index is 480. The second kappa shape index (κ2) is 6.81. The van der Waals surface area contributed by atoms with Crippen LogP contribution in [0.2, 0.25) is 5.02 Å². The van der Waals surface area contributed by atoms with Gasteiger partial charge in [0.2, 0.25) is 0 Å². The molecule has 0 aliphatic carbocycles. The SMILES string of the molecule is CCOC(=O)/C=C/C(=O)Oc1ccc(Cl)c(C)c1. The van der Waals surface area contributed by atoms with Crippen molar-refractivity contribution >= 4 is 23.5 Å². The lowest BCUT2D eigenvalue weighted by Crippen LogP contribution is -2.06. The summed E-state index contributed by atoms with van der Waals surface area (Å²) in [5, 5.41) is 0.594. The summed E-state index contributed by atoms with van der Waals surface area (Å²) in [4.78, 5) is 22.3. The Hall–Kier alpha value is -1.81. The van der Waals surface area contributed by atoms with Crippen LogP contribution in [0.25, 0.3) is 0 Å². The first-order valence-electron chi connectivity index (χ1n) is 5.35. The lowest BCUT2D eigenvalue weighted by Gasteiger charge is -2.03. The molecule has 96 valence electrons. The standard InChI is InChI=1S/C13H13ClO4/c1-3-17-12(15)6-7-13(16)18-10-4-5-11(14)9(2)8-10/h4-8H,3H2,1-2H3/b7-6+. The lowest BCUT2D eigenvalue weighted by atomic mass is 10.2. The molecule has 0 unspecified atom stereocenters. The zero-order valence-electron chi connectivity index (χ0n) is 10.1. The van der Waals surface area contributed by atoms with Crippen molar-refractivity contribution in [2.24, 2.45) is 0 Å². The van der Waals surface area contributed by atoms with E-state index in [1.165, 1.54) is 0 Å². The van der Waals surface area contributed by atoms with Crippen LogP contribution in [-0.2, 0) is 14.3 Å². The highest BCUT2D eigenvalue weighted by atomic mass is 35.5. The molecule has 4 nitrogen and oxygen atoms in total. The Morgan fingerprint density at radius 3 is 2.56 bits per heavy atom. The van der Waals surface area contributed by atoms with Crippen LogP contribution in [0.1, 0.15) is 12.5 Å². The molecular weight excluding hydrogens is 256 g/mol. The molecule has 0 aliphatic heterocycles. The molecular formula is C13H13ClO4. The predicted octanol–water partition coefficient (Wildman–Crippen LogP) is 2.67. The van der Waals surface area contributed by atoms with E-state index >= 15 is 0 Å². The number of halogens is 1. The molecule has 0 radical (unpaired) electrons. The summed E-state index contributed by atoms with van der Waals surface area (Å²) in [6.45, 7) is 3.74. The fourth-order valence-electron chi connectivity index (χ4n) is 1.16. The van der Waals surface area contributed by atoms with Gasteiger partial charge in [-0.15, -0.1) is 0 Å². The van der Waals surface area contributed by atoms with E-state index < -0.39 is 11.9 Å². The monoisotopic (exact) mass is 268 g/mol. The average molecular weight is 269 g/mol. The van der Waals surface area contributed by atoms with Gasteiger partial charge in [-0.25, -0.2) is 9.59 Å². The zero-order chi connectivity index (χ0) is 13.5. The van der Waals surface area contributed by atoms with Gasteiger partial charge in [0.25, 0.3) is 0 Å². The predicted molar refractivity (Wildman–Crippen MR) is 67.6 cm³/mol. The maximum Gasteiger partial charge on any atom is 0.336 e. The van der Waals surface area contributed by atoms with Gasteiger partial charge >= 0.3 is 11.9 Å². The van der Waals surface area contributed by atoms with Gasteiger partial charge in [-0.05, 0) is 37.6 Å². The molecule has 0 atom stereocenters. The van der Waals surface area contributed by atoms with Crippen LogP contribution in [0, 0.1) is 6.92 Å². The highest BCUT2D eigenvalue weighted by Gasteiger charge is 2.04. The summed E-state index contributed by atoms with van der Waals surface area (Å²) in [7, 11) is 0. The molecule has 1 aromatic rings. The fraction of sp³-hybridized carbons (Fsp3) is 0.231. The Balaban J connectivity index is 2.59. The number of carbonyl (C=O) groups is 2.